The van der Waals surface area contributed by atoms with Crippen molar-refractivity contribution < 1.29 is 9.53 Å². The smallest absolute Gasteiger partial charge is 0.319 e. The Morgan fingerprint density at radius 1 is 0.900 bits per heavy atom. The molecule has 0 fully saturated rings. The molecule has 0 aromatic heterocycles. The molecule has 0 aromatic rings. The molecular weight excluding hydrogens is 288 g/mol. The average Bonchev–Trinajstić information content (AvgIpc) is 2.36. The second-order valence-electron chi connectivity index (χ2n) is 4.93. The number of rotatable bonds is 13. The number of hydrogen-bond acceptors (Lipinski definition) is 3. The van der Waals surface area contributed by atoms with Crippen molar-refractivity contribution in [1.29, 1.82) is 0 Å². The van der Waals surface area contributed by atoms with Gasteiger partial charge in [0.05, 0.1) is 13.2 Å². The van der Waals surface area contributed by atoms with Crippen molar-refractivity contribution in [2.24, 2.45) is 0 Å². The van der Waals surface area contributed by atoms with E-state index in [9.17, 15) is 4.79 Å². The second kappa shape index (κ2) is 23.3. The zero-order valence-electron chi connectivity index (χ0n) is 14.3. The summed E-state index contributed by atoms with van der Waals surface area (Å²) >= 11 is 0. The van der Waals surface area contributed by atoms with Crippen LogP contribution < -0.4 is 5.32 Å². The first kappa shape index (κ1) is 26.9. The van der Waals surface area contributed by atoms with Crippen molar-refractivity contribution in [2.75, 3.05) is 20.2 Å². The van der Waals surface area contributed by atoms with E-state index in [4.69, 9.17) is 4.74 Å². The molecule has 0 unspecified atom stereocenters. The van der Waals surface area contributed by atoms with E-state index >= 15 is 0 Å². The van der Waals surface area contributed by atoms with Gasteiger partial charge >= 0.3 is 5.97 Å². The van der Waals surface area contributed by atoms with E-state index in [1.54, 1.807) is 7.05 Å². The number of unbranched alkanes of at least 4 members (excludes halogenated alkanes) is 9. The zero-order chi connectivity index (χ0) is 13.5. The summed E-state index contributed by atoms with van der Waals surface area (Å²) in [5, 5.41) is 2.78. The minimum absolute atomic E-state index is 0. The minimum atomic E-state index is -0.145. The van der Waals surface area contributed by atoms with Crippen LogP contribution in [0.2, 0.25) is 0 Å². The maximum absolute atomic E-state index is 11.0. The van der Waals surface area contributed by atoms with Gasteiger partial charge in [-0.2, -0.15) is 0 Å². The Balaban J connectivity index is -0.00000144. The summed E-state index contributed by atoms with van der Waals surface area (Å²) in [5.74, 6) is -0.145. The molecule has 0 spiro atoms. The minimum Gasteiger partial charge on any atom is -0.465 e. The van der Waals surface area contributed by atoms with Gasteiger partial charge in [0.2, 0.25) is 0 Å². The van der Waals surface area contributed by atoms with Gasteiger partial charge in [-0.1, -0.05) is 64.7 Å². The summed E-state index contributed by atoms with van der Waals surface area (Å²) < 4.78 is 5.05. The molecule has 1 N–H and O–H groups in total. The number of carbonyl (C=O) groups is 1. The molecule has 0 aliphatic carbocycles. The molecule has 0 heterocycles. The van der Waals surface area contributed by atoms with Crippen LogP contribution in [0.25, 0.3) is 0 Å². The molecule has 0 aromatic carbocycles. The molecule has 0 aliphatic heterocycles. The van der Waals surface area contributed by atoms with Crippen LogP contribution in [0.1, 0.15) is 71.1 Å². The van der Waals surface area contributed by atoms with Crippen LogP contribution in [0.3, 0.4) is 0 Å². The van der Waals surface area contributed by atoms with Crippen LogP contribution in [-0.2, 0) is 9.53 Å². The van der Waals surface area contributed by atoms with Gasteiger partial charge in [0, 0.05) is 80.9 Å². The van der Waals surface area contributed by atoms with Gasteiger partial charge in [0.25, 0.3) is 0 Å². The van der Waals surface area contributed by atoms with Gasteiger partial charge in [-0.3, -0.25) is 4.79 Å². The first-order chi connectivity index (χ1) is 8.81. The summed E-state index contributed by atoms with van der Waals surface area (Å²) in [6, 6.07) is 0. The third-order valence-electron chi connectivity index (χ3n) is 3.08. The summed E-state index contributed by atoms with van der Waals surface area (Å²) in [4.78, 5) is 11.0. The molecule has 0 bridgehead atoms. The van der Waals surface area contributed by atoms with Crippen LogP contribution in [0.4, 0.5) is 0 Å². The molecule has 0 atom stereocenters. The normalized spacial score (nSPS) is 9.50. The van der Waals surface area contributed by atoms with Crippen molar-refractivity contribution in [1.82, 2.24) is 5.32 Å². The van der Waals surface area contributed by atoms with E-state index in [1.807, 2.05) is 0 Å². The molecule has 0 saturated carbocycles. The summed E-state index contributed by atoms with van der Waals surface area (Å²) in [6.07, 6.45) is 13.1. The standard InChI is InChI=1S/C15H31NO2.K.Na/c1-3-4-5-6-7-8-9-10-11-12-13-18-15(17)14-16-2;;/h16H,3-14H2,1-2H3;;. The fourth-order valence-corrected chi connectivity index (χ4v) is 1.97. The second-order valence-corrected chi connectivity index (χ2v) is 4.93. The first-order valence-corrected chi connectivity index (χ1v) is 7.61. The molecule has 2 radical (unpaired) electrons. The molecule has 110 valence electrons. The molecule has 0 aliphatic rings. The van der Waals surface area contributed by atoms with Crippen LogP contribution in [0, 0.1) is 0 Å². The van der Waals surface area contributed by atoms with Crippen LogP contribution in [-0.4, -0.2) is 107 Å². The monoisotopic (exact) mass is 319 g/mol. The van der Waals surface area contributed by atoms with E-state index in [2.05, 4.69) is 12.2 Å². The molecule has 0 rings (SSSR count). The van der Waals surface area contributed by atoms with E-state index in [0.717, 1.165) is 6.42 Å². The van der Waals surface area contributed by atoms with Crippen molar-refractivity contribution >= 4 is 86.9 Å². The molecule has 0 saturated heterocycles. The largest absolute Gasteiger partial charge is 0.465 e. The topological polar surface area (TPSA) is 38.3 Å². The number of likely N-dealkylation sites (N-methyl/N-ethyl adjacent to an activating group) is 1. The van der Waals surface area contributed by atoms with Gasteiger partial charge in [-0.15, -0.1) is 0 Å². The molecular formula is C15H31KNNaO2. The Kier molecular flexibility index (Phi) is 31.4. The Morgan fingerprint density at radius 3 is 1.80 bits per heavy atom. The Labute approximate surface area is 190 Å². The Morgan fingerprint density at radius 2 is 1.35 bits per heavy atom. The maximum Gasteiger partial charge on any atom is 0.319 e. The predicted molar refractivity (Wildman–Crippen MR) is 88.2 cm³/mol. The van der Waals surface area contributed by atoms with E-state index in [0.29, 0.717) is 13.2 Å². The number of nitrogens with one attached hydrogen (secondary N) is 1. The van der Waals surface area contributed by atoms with Gasteiger partial charge in [0.1, 0.15) is 0 Å². The van der Waals surface area contributed by atoms with E-state index in [1.165, 1.54) is 57.8 Å². The number of esters is 1. The molecule has 0 amide bonds. The van der Waals surface area contributed by atoms with E-state index < -0.39 is 0 Å². The fourth-order valence-electron chi connectivity index (χ4n) is 1.97. The van der Waals surface area contributed by atoms with Gasteiger partial charge in [-0.25, -0.2) is 0 Å². The first-order valence-electron chi connectivity index (χ1n) is 7.61. The van der Waals surface area contributed by atoms with Crippen LogP contribution in [0.15, 0.2) is 0 Å². The SMILES string of the molecule is CCCCCCCCCCCCOC(=O)CNC.[K].[Na]. The third-order valence-corrected chi connectivity index (χ3v) is 3.08. The van der Waals surface area contributed by atoms with Crippen LogP contribution >= 0.6 is 0 Å². The quantitative estimate of drug-likeness (QED) is 0.322. The number of hydrogen-bond donors (Lipinski definition) is 1. The van der Waals surface area contributed by atoms with E-state index in [-0.39, 0.29) is 86.9 Å². The summed E-state index contributed by atoms with van der Waals surface area (Å²) in [6.45, 7) is 3.15. The van der Waals surface area contributed by atoms with Crippen molar-refractivity contribution in [3.05, 3.63) is 0 Å². The zero-order valence-corrected chi connectivity index (χ0v) is 19.4. The van der Waals surface area contributed by atoms with Crippen molar-refractivity contribution in [3.63, 3.8) is 0 Å². The predicted octanol–water partition coefficient (Wildman–Crippen LogP) is 2.91. The number of ether oxygens (including phenoxy) is 1. The van der Waals surface area contributed by atoms with Crippen molar-refractivity contribution in [2.45, 2.75) is 71.1 Å². The average molecular weight is 320 g/mol. The van der Waals surface area contributed by atoms with Gasteiger partial charge < -0.3 is 10.1 Å². The van der Waals surface area contributed by atoms with Gasteiger partial charge in [-0.05, 0) is 13.5 Å². The molecule has 5 heteroatoms. The summed E-state index contributed by atoms with van der Waals surface area (Å²) in [5.41, 5.74) is 0. The summed E-state index contributed by atoms with van der Waals surface area (Å²) in [7, 11) is 1.75. The molecule has 3 nitrogen and oxygen atoms in total. The molecule has 20 heavy (non-hydrogen) atoms. The third kappa shape index (κ3) is 22.3. The number of carbonyl (C=O) groups excluding carboxylic acids is 1. The fraction of sp³-hybridized carbons (Fsp3) is 0.933. The van der Waals surface area contributed by atoms with Crippen LogP contribution in [0.5, 0.6) is 0 Å². The van der Waals surface area contributed by atoms with Gasteiger partial charge in [0.15, 0.2) is 0 Å². The Bertz CT molecular complexity index is 195. The van der Waals surface area contributed by atoms with Crippen molar-refractivity contribution in [3.8, 4) is 0 Å². The Hall–Kier alpha value is 2.07. The maximum atomic E-state index is 11.0.